The van der Waals surface area contributed by atoms with Crippen molar-refractivity contribution in [2.24, 2.45) is 11.3 Å². The SMILES string of the molecule is CCCS(=O)(=O)CCC(CO)(CO)C1CCS(=O)(=O)C1. The number of aliphatic hydroxyl groups excluding tert-OH is 2. The summed E-state index contributed by atoms with van der Waals surface area (Å²) in [6.45, 7) is 0.975. The van der Waals surface area contributed by atoms with Crippen molar-refractivity contribution in [3.63, 3.8) is 0 Å². The molecule has 8 heteroatoms. The molecule has 1 atom stereocenters. The van der Waals surface area contributed by atoms with Crippen LogP contribution in [0.25, 0.3) is 0 Å². The summed E-state index contributed by atoms with van der Waals surface area (Å²) < 4.78 is 46.6. The van der Waals surface area contributed by atoms with Gasteiger partial charge in [-0.1, -0.05) is 6.92 Å². The second-order valence-electron chi connectivity index (χ2n) is 5.68. The van der Waals surface area contributed by atoms with E-state index in [4.69, 9.17) is 0 Å². The van der Waals surface area contributed by atoms with Crippen LogP contribution in [0.15, 0.2) is 0 Å². The summed E-state index contributed by atoms with van der Waals surface area (Å²) in [6, 6.07) is 0. The fraction of sp³-hybridized carbons (Fsp3) is 1.00. The molecule has 0 amide bonds. The van der Waals surface area contributed by atoms with Crippen molar-refractivity contribution in [2.75, 3.05) is 36.2 Å². The van der Waals surface area contributed by atoms with Gasteiger partial charge in [0, 0.05) is 11.2 Å². The highest BCUT2D eigenvalue weighted by Crippen LogP contribution is 2.38. The van der Waals surface area contributed by atoms with Crippen molar-refractivity contribution < 1.29 is 27.0 Å². The van der Waals surface area contributed by atoms with Crippen LogP contribution in [0.1, 0.15) is 26.2 Å². The van der Waals surface area contributed by atoms with Crippen LogP contribution in [-0.4, -0.2) is 63.3 Å². The molecule has 0 radical (unpaired) electrons. The van der Waals surface area contributed by atoms with Gasteiger partial charge in [0.05, 0.1) is 30.5 Å². The van der Waals surface area contributed by atoms with E-state index in [9.17, 15) is 27.0 Å². The van der Waals surface area contributed by atoms with Crippen molar-refractivity contribution in [2.45, 2.75) is 26.2 Å². The second kappa shape index (κ2) is 6.72. The standard InChI is InChI=1S/C12H24O6S2/c1-2-5-19(15,16)7-4-12(9-13,10-14)11-3-6-20(17,18)8-11/h11,13-14H,2-10H2,1H3. The summed E-state index contributed by atoms with van der Waals surface area (Å²) in [4.78, 5) is 0. The predicted molar refractivity (Wildman–Crippen MR) is 76.9 cm³/mol. The van der Waals surface area contributed by atoms with Gasteiger partial charge in [0.1, 0.15) is 9.84 Å². The lowest BCUT2D eigenvalue weighted by Gasteiger charge is -2.35. The van der Waals surface area contributed by atoms with Crippen molar-refractivity contribution in [3.8, 4) is 0 Å². The maximum absolute atomic E-state index is 11.8. The molecular formula is C12H24O6S2. The smallest absolute Gasteiger partial charge is 0.150 e. The Morgan fingerprint density at radius 3 is 2.20 bits per heavy atom. The van der Waals surface area contributed by atoms with Gasteiger partial charge in [-0.25, -0.2) is 16.8 Å². The molecule has 20 heavy (non-hydrogen) atoms. The van der Waals surface area contributed by atoms with Crippen LogP contribution in [-0.2, 0) is 19.7 Å². The van der Waals surface area contributed by atoms with Crippen LogP contribution in [0.5, 0.6) is 0 Å². The average Bonchev–Trinajstić information content (AvgIpc) is 2.72. The minimum Gasteiger partial charge on any atom is -0.396 e. The molecule has 6 nitrogen and oxygen atoms in total. The minimum atomic E-state index is -3.21. The average molecular weight is 328 g/mol. The Hall–Kier alpha value is -0.180. The third-order valence-electron chi connectivity index (χ3n) is 4.15. The Kier molecular flexibility index (Phi) is 6.01. The molecule has 1 heterocycles. The van der Waals surface area contributed by atoms with Gasteiger partial charge in [-0.15, -0.1) is 0 Å². The molecule has 0 bridgehead atoms. The molecule has 0 aromatic heterocycles. The third-order valence-corrected chi connectivity index (χ3v) is 7.78. The Morgan fingerprint density at radius 1 is 1.20 bits per heavy atom. The monoisotopic (exact) mass is 328 g/mol. The molecule has 0 saturated carbocycles. The molecule has 0 aromatic rings. The first-order valence-electron chi connectivity index (χ1n) is 6.83. The van der Waals surface area contributed by atoms with E-state index in [1.165, 1.54) is 0 Å². The van der Waals surface area contributed by atoms with Gasteiger partial charge >= 0.3 is 0 Å². The van der Waals surface area contributed by atoms with Gasteiger partial charge in [0.2, 0.25) is 0 Å². The van der Waals surface area contributed by atoms with Crippen molar-refractivity contribution >= 4 is 19.7 Å². The molecule has 120 valence electrons. The molecule has 0 aromatic carbocycles. The summed E-state index contributed by atoms with van der Waals surface area (Å²) in [6.07, 6.45) is 0.991. The van der Waals surface area contributed by atoms with E-state index in [1.54, 1.807) is 6.92 Å². The van der Waals surface area contributed by atoms with E-state index in [0.717, 1.165) is 0 Å². The predicted octanol–water partition coefficient (Wildman–Crippen LogP) is -0.393. The van der Waals surface area contributed by atoms with E-state index in [-0.39, 0.29) is 35.4 Å². The first kappa shape index (κ1) is 17.9. The highest BCUT2D eigenvalue weighted by Gasteiger charge is 2.44. The normalized spacial score (nSPS) is 23.1. The quantitative estimate of drug-likeness (QED) is 0.628. The molecule has 0 spiro atoms. The summed E-state index contributed by atoms with van der Waals surface area (Å²) >= 11 is 0. The first-order valence-corrected chi connectivity index (χ1v) is 10.5. The van der Waals surface area contributed by atoms with Crippen LogP contribution in [0.2, 0.25) is 0 Å². The fourth-order valence-electron chi connectivity index (χ4n) is 2.72. The van der Waals surface area contributed by atoms with Gasteiger partial charge in [-0.05, 0) is 25.2 Å². The lowest BCUT2D eigenvalue weighted by molar-refractivity contribution is 0.00976. The molecule has 2 N–H and O–H groups in total. The molecule has 1 fully saturated rings. The van der Waals surface area contributed by atoms with Crippen LogP contribution < -0.4 is 0 Å². The highest BCUT2D eigenvalue weighted by molar-refractivity contribution is 7.91. The van der Waals surface area contributed by atoms with Gasteiger partial charge in [0.15, 0.2) is 9.84 Å². The van der Waals surface area contributed by atoms with E-state index >= 15 is 0 Å². The molecule has 1 aliphatic heterocycles. The minimum absolute atomic E-state index is 0.0428. The first-order chi connectivity index (χ1) is 9.20. The Labute approximate surface area is 121 Å². The lowest BCUT2D eigenvalue weighted by atomic mass is 9.74. The zero-order valence-corrected chi connectivity index (χ0v) is 13.4. The number of aliphatic hydroxyl groups is 2. The zero-order valence-electron chi connectivity index (χ0n) is 11.8. The van der Waals surface area contributed by atoms with E-state index < -0.39 is 38.3 Å². The number of hydrogen-bond donors (Lipinski definition) is 2. The molecule has 1 aliphatic rings. The van der Waals surface area contributed by atoms with Gasteiger partial charge in [-0.3, -0.25) is 0 Å². The summed E-state index contributed by atoms with van der Waals surface area (Å²) in [5, 5.41) is 19.2. The van der Waals surface area contributed by atoms with Crippen LogP contribution in [0.3, 0.4) is 0 Å². The second-order valence-corrected chi connectivity index (χ2v) is 10.2. The van der Waals surface area contributed by atoms with Gasteiger partial charge in [0.25, 0.3) is 0 Å². The summed E-state index contributed by atoms with van der Waals surface area (Å²) in [5.41, 5.74) is -1.02. The third kappa shape index (κ3) is 4.41. The number of hydrogen-bond acceptors (Lipinski definition) is 6. The Balaban J connectivity index is 2.83. The van der Waals surface area contributed by atoms with E-state index in [1.807, 2.05) is 0 Å². The maximum Gasteiger partial charge on any atom is 0.150 e. The number of sulfone groups is 2. The van der Waals surface area contributed by atoms with Crippen molar-refractivity contribution in [3.05, 3.63) is 0 Å². The topological polar surface area (TPSA) is 109 Å². The van der Waals surface area contributed by atoms with Gasteiger partial charge < -0.3 is 10.2 Å². The molecule has 1 saturated heterocycles. The zero-order chi connectivity index (χ0) is 15.4. The molecular weight excluding hydrogens is 304 g/mol. The fourth-order valence-corrected chi connectivity index (χ4v) is 6.21. The highest BCUT2D eigenvalue weighted by atomic mass is 32.2. The van der Waals surface area contributed by atoms with Gasteiger partial charge in [-0.2, -0.15) is 0 Å². The summed E-state index contributed by atoms with van der Waals surface area (Å²) in [5.74, 6) is -0.468. The molecule has 1 rings (SSSR count). The van der Waals surface area contributed by atoms with E-state index in [2.05, 4.69) is 0 Å². The van der Waals surface area contributed by atoms with E-state index in [0.29, 0.717) is 12.8 Å². The van der Waals surface area contributed by atoms with Crippen LogP contribution in [0.4, 0.5) is 0 Å². The molecule has 1 unspecified atom stereocenters. The molecule has 0 aliphatic carbocycles. The summed E-state index contributed by atoms with van der Waals surface area (Å²) in [7, 11) is -6.35. The number of rotatable bonds is 8. The van der Waals surface area contributed by atoms with Crippen molar-refractivity contribution in [1.29, 1.82) is 0 Å². The Morgan fingerprint density at radius 2 is 1.80 bits per heavy atom. The Bertz CT molecular complexity index is 504. The van der Waals surface area contributed by atoms with Crippen molar-refractivity contribution in [1.82, 2.24) is 0 Å². The maximum atomic E-state index is 11.8. The lowest BCUT2D eigenvalue weighted by Crippen LogP contribution is -2.40. The van der Waals surface area contributed by atoms with Crippen LogP contribution in [0, 0.1) is 11.3 Å². The van der Waals surface area contributed by atoms with Crippen LogP contribution >= 0.6 is 0 Å². The largest absolute Gasteiger partial charge is 0.396 e.